The van der Waals surface area contributed by atoms with Crippen molar-refractivity contribution in [2.75, 3.05) is 5.75 Å². The van der Waals surface area contributed by atoms with Crippen LogP contribution in [0.5, 0.6) is 0 Å². The molecule has 2 rings (SSSR count). The average molecular weight is 238 g/mol. The van der Waals surface area contributed by atoms with Gasteiger partial charge in [-0.2, -0.15) is 0 Å². The van der Waals surface area contributed by atoms with Crippen molar-refractivity contribution in [2.45, 2.75) is 43.9 Å². The van der Waals surface area contributed by atoms with Gasteiger partial charge in [0.15, 0.2) is 5.16 Å². The van der Waals surface area contributed by atoms with Crippen LogP contribution in [0.3, 0.4) is 0 Å². The van der Waals surface area contributed by atoms with Gasteiger partial charge in [0.25, 0.3) is 0 Å². The molecule has 2 N–H and O–H groups in total. The lowest BCUT2D eigenvalue weighted by Crippen LogP contribution is -2.08. The van der Waals surface area contributed by atoms with E-state index in [1.807, 2.05) is 0 Å². The van der Waals surface area contributed by atoms with E-state index in [0.29, 0.717) is 12.6 Å². The third-order valence-electron chi connectivity index (χ3n) is 2.74. The number of hydrogen-bond acceptors (Lipinski definition) is 4. The molecule has 1 aromatic heterocycles. The molecule has 1 heterocycles. The Kier molecular flexibility index (Phi) is 3.66. The smallest absolute Gasteiger partial charge is 0.191 e. The van der Waals surface area contributed by atoms with Crippen LogP contribution in [0.25, 0.3) is 0 Å². The molecule has 1 aliphatic carbocycles. The fourth-order valence-corrected chi connectivity index (χ4v) is 2.54. The normalized spacial score (nSPS) is 15.4. The molecular formula is C11H18N4S. The van der Waals surface area contributed by atoms with Gasteiger partial charge in [-0.05, 0) is 19.3 Å². The summed E-state index contributed by atoms with van der Waals surface area (Å²) >= 11 is 1.72. The highest BCUT2D eigenvalue weighted by Crippen LogP contribution is 2.38. The molecule has 0 atom stereocenters. The van der Waals surface area contributed by atoms with Crippen LogP contribution in [-0.4, -0.2) is 20.5 Å². The summed E-state index contributed by atoms with van der Waals surface area (Å²) in [6.07, 6.45) is 3.48. The third-order valence-corrected chi connectivity index (χ3v) is 3.82. The molecule has 4 nitrogen and oxygen atoms in total. The molecule has 0 aliphatic heterocycles. The van der Waals surface area contributed by atoms with Gasteiger partial charge < -0.3 is 10.3 Å². The molecule has 1 fully saturated rings. The highest BCUT2D eigenvalue weighted by molar-refractivity contribution is 7.99. The quantitative estimate of drug-likeness (QED) is 0.609. The Balaban J connectivity index is 2.08. The van der Waals surface area contributed by atoms with Gasteiger partial charge >= 0.3 is 0 Å². The summed E-state index contributed by atoms with van der Waals surface area (Å²) in [6, 6.07) is 0.589. The molecule has 0 aromatic carbocycles. The van der Waals surface area contributed by atoms with E-state index in [4.69, 9.17) is 5.73 Å². The van der Waals surface area contributed by atoms with Crippen molar-refractivity contribution in [3.8, 4) is 0 Å². The maximum absolute atomic E-state index is 5.66. The van der Waals surface area contributed by atoms with Gasteiger partial charge in [-0.3, -0.25) is 0 Å². The van der Waals surface area contributed by atoms with E-state index in [1.165, 1.54) is 18.4 Å². The van der Waals surface area contributed by atoms with Crippen LogP contribution in [0.1, 0.15) is 38.1 Å². The fraction of sp³-hybridized carbons (Fsp3) is 0.636. The molecule has 16 heavy (non-hydrogen) atoms. The summed E-state index contributed by atoms with van der Waals surface area (Å²) in [7, 11) is 0. The van der Waals surface area contributed by atoms with Crippen LogP contribution in [-0.2, 0) is 6.54 Å². The van der Waals surface area contributed by atoms with Gasteiger partial charge in [0.05, 0.1) is 6.54 Å². The molecule has 0 amide bonds. The van der Waals surface area contributed by atoms with E-state index >= 15 is 0 Å². The molecule has 1 aromatic rings. The van der Waals surface area contributed by atoms with Gasteiger partial charge in [0.1, 0.15) is 5.82 Å². The van der Waals surface area contributed by atoms with Crippen LogP contribution >= 0.6 is 11.8 Å². The van der Waals surface area contributed by atoms with Crippen LogP contribution < -0.4 is 5.73 Å². The second kappa shape index (κ2) is 5.01. The van der Waals surface area contributed by atoms with E-state index in [2.05, 4.69) is 28.3 Å². The second-order valence-corrected chi connectivity index (χ2v) is 5.04. The Labute approximate surface area is 100 Å². The number of rotatable bonds is 6. The predicted octanol–water partition coefficient (Wildman–Crippen LogP) is 2.13. The zero-order chi connectivity index (χ0) is 11.5. The first-order chi connectivity index (χ1) is 7.76. The van der Waals surface area contributed by atoms with Crippen molar-refractivity contribution >= 4 is 11.8 Å². The third kappa shape index (κ3) is 2.47. The van der Waals surface area contributed by atoms with E-state index in [1.54, 1.807) is 11.8 Å². The summed E-state index contributed by atoms with van der Waals surface area (Å²) in [6.45, 7) is 6.60. The summed E-state index contributed by atoms with van der Waals surface area (Å²) < 4.78 is 2.20. The number of nitrogens with two attached hydrogens (primary N) is 1. The summed E-state index contributed by atoms with van der Waals surface area (Å²) in [5.41, 5.74) is 6.90. The standard InChI is InChI=1S/C11H18N4S/c1-3-8(2)7-16-11-14-13-10(6-12)15(11)9-4-5-9/h9H,2-7,12H2,1H3. The molecule has 0 spiro atoms. The van der Waals surface area contributed by atoms with Crippen LogP contribution in [0.15, 0.2) is 17.3 Å². The second-order valence-electron chi connectivity index (χ2n) is 4.10. The first-order valence-electron chi connectivity index (χ1n) is 5.69. The van der Waals surface area contributed by atoms with E-state index < -0.39 is 0 Å². The Morgan fingerprint density at radius 2 is 2.31 bits per heavy atom. The molecule has 0 radical (unpaired) electrons. The van der Waals surface area contributed by atoms with Crippen LogP contribution in [0.2, 0.25) is 0 Å². The number of hydrogen-bond donors (Lipinski definition) is 1. The van der Waals surface area contributed by atoms with Gasteiger partial charge in [0.2, 0.25) is 0 Å². The molecule has 5 heteroatoms. The van der Waals surface area contributed by atoms with E-state index in [-0.39, 0.29) is 0 Å². The van der Waals surface area contributed by atoms with E-state index in [0.717, 1.165) is 23.2 Å². The Morgan fingerprint density at radius 3 is 2.88 bits per heavy atom. The average Bonchev–Trinajstić information content (AvgIpc) is 3.06. The molecule has 1 aliphatic rings. The van der Waals surface area contributed by atoms with Crippen molar-refractivity contribution in [3.05, 3.63) is 18.0 Å². The van der Waals surface area contributed by atoms with E-state index in [9.17, 15) is 0 Å². The van der Waals surface area contributed by atoms with Crippen LogP contribution in [0.4, 0.5) is 0 Å². The van der Waals surface area contributed by atoms with Crippen molar-refractivity contribution in [1.82, 2.24) is 14.8 Å². The van der Waals surface area contributed by atoms with Gasteiger partial charge in [-0.15, -0.1) is 10.2 Å². The highest BCUT2D eigenvalue weighted by Gasteiger charge is 2.29. The zero-order valence-electron chi connectivity index (χ0n) is 9.65. The maximum Gasteiger partial charge on any atom is 0.191 e. The Bertz CT molecular complexity index is 381. The lowest BCUT2D eigenvalue weighted by Gasteiger charge is -2.07. The molecule has 0 unspecified atom stereocenters. The first-order valence-corrected chi connectivity index (χ1v) is 6.68. The van der Waals surface area contributed by atoms with Crippen molar-refractivity contribution in [1.29, 1.82) is 0 Å². The van der Waals surface area contributed by atoms with Crippen molar-refractivity contribution < 1.29 is 0 Å². The minimum absolute atomic E-state index is 0.471. The number of thioether (sulfide) groups is 1. The largest absolute Gasteiger partial charge is 0.324 e. The number of aromatic nitrogens is 3. The summed E-state index contributed by atoms with van der Waals surface area (Å²) in [5, 5.41) is 9.34. The molecule has 0 bridgehead atoms. The topological polar surface area (TPSA) is 56.7 Å². The summed E-state index contributed by atoms with van der Waals surface area (Å²) in [4.78, 5) is 0. The van der Waals surface area contributed by atoms with Gasteiger partial charge in [-0.1, -0.05) is 30.8 Å². The number of nitrogens with zero attached hydrogens (tertiary/aromatic N) is 3. The molecule has 1 saturated carbocycles. The monoisotopic (exact) mass is 238 g/mol. The summed E-state index contributed by atoms with van der Waals surface area (Å²) in [5.74, 6) is 1.83. The fourth-order valence-electron chi connectivity index (χ4n) is 1.51. The van der Waals surface area contributed by atoms with Crippen molar-refractivity contribution in [2.24, 2.45) is 5.73 Å². The lowest BCUT2D eigenvalue weighted by atomic mass is 10.3. The first kappa shape index (κ1) is 11.7. The Hall–Kier alpha value is -0.810. The van der Waals surface area contributed by atoms with Crippen LogP contribution in [0, 0.1) is 0 Å². The van der Waals surface area contributed by atoms with Gasteiger partial charge in [0, 0.05) is 11.8 Å². The van der Waals surface area contributed by atoms with Crippen molar-refractivity contribution in [3.63, 3.8) is 0 Å². The molecule has 88 valence electrons. The molecular weight excluding hydrogens is 220 g/mol. The zero-order valence-corrected chi connectivity index (χ0v) is 10.5. The minimum Gasteiger partial charge on any atom is -0.324 e. The molecule has 0 saturated heterocycles. The highest BCUT2D eigenvalue weighted by atomic mass is 32.2. The lowest BCUT2D eigenvalue weighted by molar-refractivity contribution is 0.626. The SMILES string of the molecule is C=C(CC)CSc1nnc(CN)n1C1CC1. The maximum atomic E-state index is 5.66. The Morgan fingerprint density at radius 1 is 1.56 bits per heavy atom. The van der Waals surface area contributed by atoms with Gasteiger partial charge in [-0.25, -0.2) is 0 Å². The minimum atomic E-state index is 0.471. The predicted molar refractivity (Wildman–Crippen MR) is 66.3 cm³/mol.